The number of hydrogen-bond donors (Lipinski definition) is 2. The number of aliphatic hydroxyl groups is 1. The molecule has 1 saturated heterocycles. The van der Waals surface area contributed by atoms with Crippen molar-refractivity contribution in [1.82, 2.24) is 9.80 Å². The molecule has 2 rings (SSSR count). The van der Waals surface area contributed by atoms with Crippen molar-refractivity contribution in [3.63, 3.8) is 0 Å². The molecule has 1 fully saturated rings. The molecule has 0 bridgehead atoms. The summed E-state index contributed by atoms with van der Waals surface area (Å²) in [6.45, 7) is 3.67. The Morgan fingerprint density at radius 3 is 2.81 bits per heavy atom. The van der Waals surface area contributed by atoms with Crippen LogP contribution < -0.4 is 0 Å². The smallest absolute Gasteiger partial charge is 0.222 e. The van der Waals surface area contributed by atoms with Gasteiger partial charge in [0.1, 0.15) is 5.75 Å². The minimum Gasteiger partial charge on any atom is -0.508 e. The van der Waals surface area contributed by atoms with Gasteiger partial charge >= 0.3 is 0 Å². The number of rotatable bonds is 6. The molecule has 2 unspecified atom stereocenters. The van der Waals surface area contributed by atoms with Crippen molar-refractivity contribution < 1.29 is 15.0 Å². The van der Waals surface area contributed by atoms with Crippen molar-refractivity contribution in [2.24, 2.45) is 0 Å². The maximum Gasteiger partial charge on any atom is 0.222 e. The number of amides is 1. The van der Waals surface area contributed by atoms with Crippen LogP contribution in [0.3, 0.4) is 0 Å². The molecule has 5 nitrogen and oxygen atoms in total. The van der Waals surface area contributed by atoms with Crippen LogP contribution in [0.5, 0.6) is 5.75 Å². The fourth-order valence-corrected chi connectivity index (χ4v) is 2.74. The third kappa shape index (κ3) is 4.19. The van der Waals surface area contributed by atoms with Gasteiger partial charge in [0.2, 0.25) is 5.91 Å². The van der Waals surface area contributed by atoms with E-state index in [-0.39, 0.29) is 17.7 Å². The average Bonchev–Trinajstić information content (AvgIpc) is 2.83. The average molecular weight is 292 g/mol. The molecule has 0 spiro atoms. The first-order chi connectivity index (χ1) is 9.97. The number of β-amino-alcohol motifs (C(OH)–C–C–N with tert-alkyl or cyclic N) is 1. The van der Waals surface area contributed by atoms with Crippen LogP contribution in [0.15, 0.2) is 24.3 Å². The third-order valence-corrected chi connectivity index (χ3v) is 4.12. The Hall–Kier alpha value is -1.59. The Morgan fingerprint density at radius 1 is 1.43 bits per heavy atom. The summed E-state index contributed by atoms with van der Waals surface area (Å²) in [6.07, 6.45) is 0.931. The lowest BCUT2D eigenvalue weighted by Gasteiger charge is -2.29. The van der Waals surface area contributed by atoms with Crippen LogP contribution in [0.4, 0.5) is 0 Å². The van der Waals surface area contributed by atoms with E-state index in [1.165, 1.54) is 0 Å². The molecule has 1 aromatic carbocycles. The van der Waals surface area contributed by atoms with E-state index < -0.39 is 6.10 Å². The summed E-state index contributed by atoms with van der Waals surface area (Å²) < 4.78 is 0. The number of aliphatic hydroxyl groups excluding tert-OH is 1. The second-order valence-corrected chi connectivity index (χ2v) is 5.81. The first-order valence-electron chi connectivity index (χ1n) is 7.42. The van der Waals surface area contributed by atoms with Gasteiger partial charge in [-0.3, -0.25) is 9.69 Å². The normalized spacial score (nSPS) is 18.3. The summed E-state index contributed by atoms with van der Waals surface area (Å²) in [5.74, 6) is 0.383. The van der Waals surface area contributed by atoms with Crippen molar-refractivity contribution in [2.45, 2.75) is 31.9 Å². The molecule has 1 aliphatic rings. The van der Waals surface area contributed by atoms with E-state index in [1.54, 1.807) is 17.0 Å². The summed E-state index contributed by atoms with van der Waals surface area (Å²) in [4.78, 5) is 15.3. The number of carbonyl (C=O) groups excluding carboxylic acids is 1. The quantitative estimate of drug-likeness (QED) is 0.831. The predicted molar refractivity (Wildman–Crippen MR) is 81.0 cm³/mol. The Balaban J connectivity index is 1.88. The van der Waals surface area contributed by atoms with Gasteiger partial charge in [-0.05, 0) is 38.1 Å². The van der Waals surface area contributed by atoms with E-state index in [4.69, 9.17) is 0 Å². The highest BCUT2D eigenvalue weighted by molar-refractivity contribution is 5.78. The minimum absolute atomic E-state index is 0.0843. The van der Waals surface area contributed by atoms with Crippen LogP contribution in [-0.2, 0) is 4.79 Å². The van der Waals surface area contributed by atoms with Crippen LogP contribution >= 0.6 is 0 Å². The van der Waals surface area contributed by atoms with E-state index >= 15 is 0 Å². The molecule has 1 aliphatic heterocycles. The monoisotopic (exact) mass is 292 g/mol. The molecule has 0 saturated carbocycles. The molecule has 2 N–H and O–H groups in total. The number of likely N-dealkylation sites (N-methyl/N-ethyl adjacent to an activating group) is 1. The lowest BCUT2D eigenvalue weighted by atomic mass is 10.1. The van der Waals surface area contributed by atoms with Gasteiger partial charge < -0.3 is 15.1 Å². The van der Waals surface area contributed by atoms with Crippen molar-refractivity contribution >= 4 is 5.91 Å². The first kappa shape index (κ1) is 15.8. The fourth-order valence-electron chi connectivity index (χ4n) is 2.74. The molecule has 116 valence electrons. The second-order valence-electron chi connectivity index (χ2n) is 5.81. The van der Waals surface area contributed by atoms with Crippen molar-refractivity contribution in [1.29, 1.82) is 0 Å². The number of hydrogen-bond acceptors (Lipinski definition) is 4. The van der Waals surface area contributed by atoms with Gasteiger partial charge in [0.15, 0.2) is 0 Å². The van der Waals surface area contributed by atoms with Crippen molar-refractivity contribution in [3.05, 3.63) is 29.8 Å². The Kier molecular flexibility index (Phi) is 5.20. The molecule has 0 radical (unpaired) electrons. The zero-order valence-corrected chi connectivity index (χ0v) is 12.7. The third-order valence-electron chi connectivity index (χ3n) is 4.12. The largest absolute Gasteiger partial charge is 0.508 e. The molecule has 1 heterocycles. The summed E-state index contributed by atoms with van der Waals surface area (Å²) in [5.41, 5.74) is 1.00. The number of likely N-dealkylation sites (tertiary alicyclic amines) is 1. The van der Waals surface area contributed by atoms with Gasteiger partial charge in [0.05, 0.1) is 6.10 Å². The molecule has 0 aromatic heterocycles. The zero-order chi connectivity index (χ0) is 15.4. The van der Waals surface area contributed by atoms with Crippen LogP contribution in [0.2, 0.25) is 0 Å². The molecule has 5 heteroatoms. The number of aromatic hydroxyl groups is 1. The highest BCUT2D eigenvalue weighted by Crippen LogP contribution is 2.22. The Labute approximate surface area is 125 Å². The van der Waals surface area contributed by atoms with Crippen molar-refractivity contribution in [3.8, 4) is 5.75 Å². The van der Waals surface area contributed by atoms with Gasteiger partial charge in [-0.2, -0.15) is 0 Å². The SMILES string of the molecule is CC(c1cccc(O)c1)N(C)CC(O)CN1CCCC1=O. The van der Waals surface area contributed by atoms with E-state index in [1.807, 2.05) is 31.0 Å². The molecular formula is C16H24N2O3. The summed E-state index contributed by atoms with van der Waals surface area (Å²) in [6, 6.07) is 7.23. The topological polar surface area (TPSA) is 64.0 Å². The highest BCUT2D eigenvalue weighted by Gasteiger charge is 2.24. The highest BCUT2D eigenvalue weighted by atomic mass is 16.3. The van der Waals surface area contributed by atoms with E-state index in [2.05, 4.69) is 0 Å². The minimum atomic E-state index is -0.559. The fraction of sp³-hybridized carbons (Fsp3) is 0.562. The first-order valence-corrected chi connectivity index (χ1v) is 7.42. The molecular weight excluding hydrogens is 268 g/mol. The zero-order valence-electron chi connectivity index (χ0n) is 12.7. The van der Waals surface area contributed by atoms with Crippen LogP contribution in [0, 0.1) is 0 Å². The molecule has 0 aliphatic carbocycles. The van der Waals surface area contributed by atoms with Crippen LogP contribution in [-0.4, -0.2) is 58.7 Å². The van der Waals surface area contributed by atoms with E-state index in [0.29, 0.717) is 19.5 Å². The van der Waals surface area contributed by atoms with Gasteiger partial charge in [0, 0.05) is 32.1 Å². The number of benzene rings is 1. The summed E-state index contributed by atoms with van der Waals surface area (Å²) in [7, 11) is 1.93. The summed E-state index contributed by atoms with van der Waals surface area (Å²) in [5, 5.41) is 19.7. The van der Waals surface area contributed by atoms with Crippen LogP contribution in [0.1, 0.15) is 31.4 Å². The number of carbonyl (C=O) groups is 1. The van der Waals surface area contributed by atoms with Gasteiger partial charge in [-0.15, -0.1) is 0 Å². The molecule has 2 atom stereocenters. The number of nitrogens with zero attached hydrogens (tertiary/aromatic N) is 2. The van der Waals surface area contributed by atoms with E-state index in [9.17, 15) is 15.0 Å². The predicted octanol–water partition coefficient (Wildman–Crippen LogP) is 1.37. The maximum absolute atomic E-state index is 11.6. The number of phenols is 1. The van der Waals surface area contributed by atoms with Gasteiger partial charge in [-0.25, -0.2) is 0 Å². The van der Waals surface area contributed by atoms with E-state index in [0.717, 1.165) is 18.5 Å². The second kappa shape index (κ2) is 6.91. The van der Waals surface area contributed by atoms with Gasteiger partial charge in [-0.1, -0.05) is 12.1 Å². The lowest BCUT2D eigenvalue weighted by Crippen LogP contribution is -2.40. The Morgan fingerprint density at radius 2 is 2.19 bits per heavy atom. The number of phenolic OH excluding ortho intramolecular Hbond substituents is 1. The molecule has 1 amide bonds. The van der Waals surface area contributed by atoms with Crippen LogP contribution in [0.25, 0.3) is 0 Å². The summed E-state index contributed by atoms with van der Waals surface area (Å²) >= 11 is 0. The Bertz CT molecular complexity index is 492. The molecule has 1 aromatic rings. The van der Waals surface area contributed by atoms with Crippen molar-refractivity contribution in [2.75, 3.05) is 26.7 Å². The molecule has 21 heavy (non-hydrogen) atoms. The van der Waals surface area contributed by atoms with Gasteiger partial charge in [0.25, 0.3) is 0 Å². The lowest BCUT2D eigenvalue weighted by molar-refractivity contribution is -0.129. The maximum atomic E-state index is 11.6. The standard InChI is InChI=1S/C16H24N2O3/c1-12(13-5-3-6-14(19)9-13)17(2)10-15(20)11-18-8-4-7-16(18)21/h3,5-6,9,12,15,19-20H,4,7-8,10-11H2,1-2H3.